The molecular weight excluding hydrogens is 480 g/mol. The minimum absolute atomic E-state index is 0.0559. The second-order valence-corrected chi connectivity index (χ2v) is 10.2. The summed E-state index contributed by atoms with van der Waals surface area (Å²) in [6.07, 6.45) is 0.251. The van der Waals surface area contributed by atoms with Crippen molar-refractivity contribution in [3.05, 3.63) is 110 Å². The molecule has 2 aliphatic heterocycles. The van der Waals surface area contributed by atoms with Crippen molar-refractivity contribution in [2.45, 2.75) is 39.3 Å². The molecule has 1 unspecified atom stereocenters. The topological polar surface area (TPSA) is 91.1 Å². The number of para-hydroxylation sites is 1. The summed E-state index contributed by atoms with van der Waals surface area (Å²) in [5.41, 5.74) is 3.39. The predicted octanol–water partition coefficient (Wildman–Crippen LogP) is 4.35. The van der Waals surface area contributed by atoms with Crippen molar-refractivity contribution >= 4 is 28.5 Å². The normalized spacial score (nSPS) is 18.1. The van der Waals surface area contributed by atoms with Crippen LogP contribution in [-0.4, -0.2) is 35.0 Å². The molecule has 0 radical (unpaired) electrons. The number of hydrogen-bond donors (Lipinski definition) is 1. The average molecular weight is 509 g/mol. The molecule has 0 saturated carbocycles. The summed E-state index contributed by atoms with van der Waals surface area (Å²) >= 11 is 0. The van der Waals surface area contributed by atoms with E-state index in [1.807, 2.05) is 69.3 Å². The zero-order valence-electron chi connectivity index (χ0n) is 21.6. The Morgan fingerprint density at radius 2 is 1.68 bits per heavy atom. The molecule has 7 heteroatoms. The van der Waals surface area contributed by atoms with E-state index >= 15 is 0 Å². The Kier molecular flexibility index (Phi) is 5.50. The molecule has 2 amide bonds. The fourth-order valence-electron chi connectivity index (χ4n) is 5.92. The van der Waals surface area contributed by atoms with Crippen LogP contribution >= 0.6 is 0 Å². The number of carbonyl (C=O) groups excluding carboxylic acids is 2. The smallest absolute Gasteiger partial charge is 0.291 e. The minimum Gasteiger partial charge on any atom is -0.450 e. The third kappa shape index (κ3) is 3.21. The number of aliphatic hydroxyl groups is 1. The van der Waals surface area contributed by atoms with E-state index in [1.165, 1.54) is 4.90 Å². The van der Waals surface area contributed by atoms with E-state index in [0.717, 1.165) is 22.3 Å². The number of nitrogens with zero attached hydrogens (tertiary/aromatic N) is 2. The molecule has 6 rings (SSSR count). The van der Waals surface area contributed by atoms with Gasteiger partial charge in [-0.1, -0.05) is 48.0 Å². The van der Waals surface area contributed by atoms with Gasteiger partial charge in [-0.05, 0) is 62.1 Å². The van der Waals surface area contributed by atoms with Gasteiger partial charge in [-0.3, -0.25) is 14.4 Å². The number of carbonyl (C=O) groups is 2. The SMILES string of the molecule is Cc1cccc(CN2C(=O)C3(c4ccccc42)c2c(oc4cc(C)c(C)cc4c2=O)C(=O)N3CCCO)c1. The maximum Gasteiger partial charge on any atom is 0.291 e. The standard InChI is InChI=1S/C31H28N2O5/c1-18-8-6-9-21(14-18)17-32-24-11-5-4-10-23(24)31(30(32)37)26-27(35)22-15-19(2)20(3)16-25(22)38-28(26)29(36)33(31)12-7-13-34/h4-6,8-11,14-16,34H,7,12-13,17H2,1-3H3. The molecular formula is C31H28N2O5. The van der Waals surface area contributed by atoms with Crippen molar-refractivity contribution < 1.29 is 19.1 Å². The van der Waals surface area contributed by atoms with Crippen LogP contribution in [0.3, 0.4) is 0 Å². The lowest BCUT2D eigenvalue weighted by Crippen LogP contribution is -2.53. The van der Waals surface area contributed by atoms with Crippen molar-refractivity contribution in [3.8, 4) is 0 Å². The molecule has 7 nitrogen and oxygen atoms in total. The molecule has 3 heterocycles. The van der Waals surface area contributed by atoms with E-state index in [4.69, 9.17) is 4.42 Å². The summed E-state index contributed by atoms with van der Waals surface area (Å²) in [7, 11) is 0. The number of fused-ring (bicyclic) bond motifs is 5. The number of aryl methyl sites for hydroxylation is 3. The number of rotatable bonds is 5. The second kappa shape index (κ2) is 8.67. The first kappa shape index (κ1) is 24.1. The number of benzene rings is 3. The lowest BCUT2D eigenvalue weighted by molar-refractivity contribution is -0.126. The monoisotopic (exact) mass is 508 g/mol. The average Bonchev–Trinajstić information content (AvgIpc) is 3.28. The molecule has 0 saturated heterocycles. The van der Waals surface area contributed by atoms with Crippen LogP contribution in [0.4, 0.5) is 5.69 Å². The summed E-state index contributed by atoms with van der Waals surface area (Å²) in [5.74, 6) is -1.00. The molecule has 1 atom stereocenters. The molecule has 0 bridgehead atoms. The van der Waals surface area contributed by atoms with Gasteiger partial charge < -0.3 is 19.3 Å². The summed E-state index contributed by atoms with van der Waals surface area (Å²) in [6, 6.07) is 18.8. The third-order valence-electron chi connectivity index (χ3n) is 7.82. The molecule has 0 fully saturated rings. The van der Waals surface area contributed by atoms with Crippen molar-refractivity contribution in [2.75, 3.05) is 18.1 Å². The molecule has 3 aromatic carbocycles. The quantitative estimate of drug-likeness (QED) is 0.433. The summed E-state index contributed by atoms with van der Waals surface area (Å²) in [4.78, 5) is 45.9. The Balaban J connectivity index is 1.65. The van der Waals surface area contributed by atoms with Crippen molar-refractivity contribution in [1.29, 1.82) is 0 Å². The zero-order chi connectivity index (χ0) is 26.8. The maximum atomic E-state index is 14.7. The number of aliphatic hydroxyl groups excluding tert-OH is 1. The van der Waals surface area contributed by atoms with Crippen LogP contribution in [0.15, 0.2) is 69.9 Å². The molecule has 1 aromatic heterocycles. The third-order valence-corrected chi connectivity index (χ3v) is 7.82. The first-order valence-corrected chi connectivity index (χ1v) is 12.8. The van der Waals surface area contributed by atoms with Crippen molar-refractivity contribution in [3.63, 3.8) is 0 Å². The van der Waals surface area contributed by atoms with Crippen LogP contribution in [-0.2, 0) is 16.9 Å². The van der Waals surface area contributed by atoms with Crippen molar-refractivity contribution in [2.24, 2.45) is 0 Å². The van der Waals surface area contributed by atoms with Gasteiger partial charge in [0.05, 0.1) is 23.2 Å². The van der Waals surface area contributed by atoms with Gasteiger partial charge in [0.2, 0.25) is 5.76 Å². The van der Waals surface area contributed by atoms with Crippen LogP contribution in [0, 0.1) is 20.8 Å². The highest BCUT2D eigenvalue weighted by atomic mass is 16.3. The molecule has 4 aromatic rings. The Morgan fingerprint density at radius 3 is 2.45 bits per heavy atom. The van der Waals surface area contributed by atoms with Gasteiger partial charge in [0.1, 0.15) is 5.58 Å². The number of anilines is 1. The lowest BCUT2D eigenvalue weighted by atomic mass is 9.83. The Morgan fingerprint density at radius 1 is 0.921 bits per heavy atom. The van der Waals surface area contributed by atoms with E-state index in [0.29, 0.717) is 22.2 Å². The first-order chi connectivity index (χ1) is 18.3. The van der Waals surface area contributed by atoms with E-state index < -0.39 is 11.4 Å². The number of amides is 2. The molecule has 2 aliphatic rings. The van der Waals surface area contributed by atoms with Gasteiger partial charge in [0, 0.05) is 18.7 Å². The minimum atomic E-state index is -1.67. The van der Waals surface area contributed by atoms with Gasteiger partial charge in [0.25, 0.3) is 11.8 Å². The summed E-state index contributed by atoms with van der Waals surface area (Å²) in [5, 5.41) is 9.98. The molecule has 38 heavy (non-hydrogen) atoms. The van der Waals surface area contributed by atoms with Gasteiger partial charge in [-0.2, -0.15) is 0 Å². The van der Waals surface area contributed by atoms with E-state index in [9.17, 15) is 19.5 Å². The van der Waals surface area contributed by atoms with Crippen LogP contribution in [0.25, 0.3) is 11.0 Å². The maximum absolute atomic E-state index is 14.7. The van der Waals surface area contributed by atoms with E-state index in [2.05, 4.69) is 0 Å². The summed E-state index contributed by atoms with van der Waals surface area (Å²) in [6.45, 7) is 6.03. The van der Waals surface area contributed by atoms with Crippen molar-refractivity contribution in [1.82, 2.24) is 4.90 Å². The highest BCUT2D eigenvalue weighted by Gasteiger charge is 2.64. The Hall–Kier alpha value is -4.23. The zero-order valence-corrected chi connectivity index (χ0v) is 21.6. The molecule has 192 valence electrons. The van der Waals surface area contributed by atoms with Gasteiger partial charge >= 0.3 is 0 Å². The second-order valence-electron chi connectivity index (χ2n) is 10.2. The van der Waals surface area contributed by atoms with Gasteiger partial charge in [0.15, 0.2) is 11.0 Å². The van der Waals surface area contributed by atoms with Crippen LogP contribution in [0.5, 0.6) is 0 Å². The summed E-state index contributed by atoms with van der Waals surface area (Å²) < 4.78 is 6.14. The lowest BCUT2D eigenvalue weighted by Gasteiger charge is -2.34. The fourth-order valence-corrected chi connectivity index (χ4v) is 5.92. The van der Waals surface area contributed by atoms with Crippen LogP contribution < -0.4 is 10.3 Å². The Labute approximate surface area is 219 Å². The van der Waals surface area contributed by atoms with E-state index in [-0.39, 0.29) is 48.8 Å². The molecule has 1 N–H and O–H groups in total. The molecule has 0 aliphatic carbocycles. The highest BCUT2D eigenvalue weighted by Crippen LogP contribution is 2.53. The number of hydrogen-bond acceptors (Lipinski definition) is 5. The molecule has 1 spiro atoms. The highest BCUT2D eigenvalue weighted by molar-refractivity contribution is 6.17. The van der Waals surface area contributed by atoms with Gasteiger partial charge in [-0.15, -0.1) is 0 Å². The van der Waals surface area contributed by atoms with Crippen LogP contribution in [0.1, 0.15) is 50.4 Å². The Bertz CT molecular complexity index is 1700. The largest absolute Gasteiger partial charge is 0.450 e. The van der Waals surface area contributed by atoms with Gasteiger partial charge in [-0.25, -0.2) is 0 Å². The van der Waals surface area contributed by atoms with E-state index in [1.54, 1.807) is 17.0 Å². The first-order valence-electron chi connectivity index (χ1n) is 12.8. The fraction of sp³-hybridized carbons (Fsp3) is 0.258. The van der Waals surface area contributed by atoms with Crippen LogP contribution in [0.2, 0.25) is 0 Å². The predicted molar refractivity (Wildman–Crippen MR) is 144 cm³/mol.